The van der Waals surface area contributed by atoms with Crippen molar-refractivity contribution in [1.82, 2.24) is 4.98 Å². The fourth-order valence-corrected chi connectivity index (χ4v) is 5.79. The number of aromatic amines is 1. The first-order chi connectivity index (χ1) is 20.6. The van der Waals surface area contributed by atoms with Gasteiger partial charge >= 0.3 is 5.97 Å². The number of esters is 1. The summed E-state index contributed by atoms with van der Waals surface area (Å²) < 4.78 is 11.8. The minimum absolute atomic E-state index is 0.0245. The van der Waals surface area contributed by atoms with Crippen LogP contribution in [0.3, 0.4) is 0 Å². The topological polar surface area (TPSA) is 71.6 Å². The number of carbonyl (C=O) groups excluding carboxylic acids is 2. The van der Waals surface area contributed by atoms with Gasteiger partial charge in [0.05, 0.1) is 5.69 Å². The van der Waals surface area contributed by atoms with Crippen LogP contribution in [0.25, 0.3) is 21.7 Å². The predicted molar refractivity (Wildman–Crippen MR) is 166 cm³/mol. The molecule has 1 amide bonds. The lowest BCUT2D eigenvalue weighted by atomic mass is 9.95. The van der Waals surface area contributed by atoms with E-state index in [0.29, 0.717) is 49.1 Å². The van der Waals surface area contributed by atoms with Crippen molar-refractivity contribution in [3.63, 3.8) is 0 Å². The van der Waals surface area contributed by atoms with E-state index in [9.17, 15) is 9.59 Å². The number of benzene rings is 4. The number of hydrogen-bond acceptors (Lipinski definition) is 4. The summed E-state index contributed by atoms with van der Waals surface area (Å²) >= 11 is 6.47. The summed E-state index contributed by atoms with van der Waals surface area (Å²) in [4.78, 5) is 31.2. The zero-order valence-electron chi connectivity index (χ0n) is 22.9. The number of aromatic nitrogens is 1. The Balaban J connectivity index is 1.31. The zero-order chi connectivity index (χ0) is 29.1. The van der Waals surface area contributed by atoms with Gasteiger partial charge in [-0.3, -0.25) is 9.59 Å². The summed E-state index contributed by atoms with van der Waals surface area (Å²) in [7, 11) is 0. The van der Waals surface area contributed by atoms with Crippen molar-refractivity contribution in [1.29, 1.82) is 0 Å². The second kappa shape index (κ2) is 12.0. The van der Waals surface area contributed by atoms with E-state index < -0.39 is 0 Å². The Labute approximate surface area is 249 Å². The normalized spacial score (nSPS) is 14.1. The lowest BCUT2D eigenvalue weighted by molar-refractivity contribution is -0.134. The van der Waals surface area contributed by atoms with Crippen molar-refractivity contribution >= 4 is 50.8 Å². The maximum atomic E-state index is 14.0. The lowest BCUT2D eigenvalue weighted by Gasteiger charge is -2.19. The number of fused-ring (bicyclic) bond motifs is 4. The number of anilines is 1. The van der Waals surface area contributed by atoms with Gasteiger partial charge in [-0.25, -0.2) is 0 Å². The number of H-pyrrole nitrogens is 1. The molecular weight excluding hydrogens is 548 g/mol. The Bertz CT molecular complexity index is 1820. The molecule has 5 aromatic rings. The maximum Gasteiger partial charge on any atom is 0.311 e. The van der Waals surface area contributed by atoms with Crippen LogP contribution < -0.4 is 14.4 Å². The predicted octanol–water partition coefficient (Wildman–Crippen LogP) is 7.59. The molecule has 1 aromatic heterocycles. The highest BCUT2D eigenvalue weighted by Crippen LogP contribution is 2.46. The highest BCUT2D eigenvalue weighted by molar-refractivity contribution is 6.19. The summed E-state index contributed by atoms with van der Waals surface area (Å²) in [6.45, 7) is 0.870. The van der Waals surface area contributed by atoms with Crippen LogP contribution in [0.15, 0.2) is 84.9 Å². The van der Waals surface area contributed by atoms with E-state index in [-0.39, 0.29) is 24.2 Å². The third-order valence-corrected chi connectivity index (χ3v) is 7.93. The average Bonchev–Trinajstić information content (AvgIpc) is 3.61. The molecule has 6 nitrogen and oxygen atoms in total. The van der Waals surface area contributed by atoms with Crippen LogP contribution in [0.5, 0.6) is 11.5 Å². The van der Waals surface area contributed by atoms with E-state index in [4.69, 9.17) is 27.5 Å². The van der Waals surface area contributed by atoms with Crippen molar-refractivity contribution in [2.45, 2.75) is 31.8 Å². The molecule has 0 spiro atoms. The number of carbonyl (C=O) groups is 2. The van der Waals surface area contributed by atoms with Gasteiger partial charge in [0.25, 0.3) is 5.91 Å². The molecule has 1 atom stereocenters. The monoisotopic (exact) mass is 576 g/mol. The molecule has 0 bridgehead atoms. The van der Waals surface area contributed by atoms with Crippen LogP contribution in [-0.2, 0) is 11.4 Å². The standard InChI is InChI=1S/C35H29ClN2O4/c1-2-3-5-14-33(39)42-26-15-16-29-24(17-26)18-30(37-29)35(40)38-21-25(20-36)34-28-13-9-8-12-27(28)32(19-31(34)38)41-22-23-10-6-4-7-11-23/h1,4,6-13,15-19,25,37H,3,5,14,20-22H2. The van der Waals surface area contributed by atoms with Gasteiger partial charge in [0.2, 0.25) is 0 Å². The third kappa shape index (κ3) is 5.44. The van der Waals surface area contributed by atoms with Crippen molar-refractivity contribution < 1.29 is 19.1 Å². The molecule has 1 aliphatic rings. The molecule has 42 heavy (non-hydrogen) atoms. The molecule has 4 aromatic carbocycles. The van der Waals surface area contributed by atoms with Gasteiger partial charge in [0, 0.05) is 53.5 Å². The number of rotatable bonds is 9. The zero-order valence-corrected chi connectivity index (χ0v) is 23.7. The molecule has 0 aliphatic carbocycles. The Morgan fingerprint density at radius 1 is 1.00 bits per heavy atom. The largest absolute Gasteiger partial charge is 0.488 e. The van der Waals surface area contributed by atoms with Crippen molar-refractivity contribution in [3.05, 3.63) is 102 Å². The van der Waals surface area contributed by atoms with Gasteiger partial charge < -0.3 is 19.4 Å². The van der Waals surface area contributed by atoms with E-state index in [2.05, 4.69) is 17.0 Å². The first-order valence-electron chi connectivity index (χ1n) is 13.9. The van der Waals surface area contributed by atoms with Crippen molar-refractivity contribution in [2.75, 3.05) is 17.3 Å². The fraction of sp³-hybridized carbons (Fsp3) is 0.200. The van der Waals surface area contributed by atoms with Gasteiger partial charge in [-0.05, 0) is 47.2 Å². The number of terminal acetylenes is 1. The van der Waals surface area contributed by atoms with E-state index in [1.54, 1.807) is 29.2 Å². The molecule has 6 rings (SSSR count). The van der Waals surface area contributed by atoms with Gasteiger partial charge in [0.15, 0.2) is 0 Å². The Morgan fingerprint density at radius 3 is 2.57 bits per heavy atom. The van der Waals surface area contributed by atoms with Crippen molar-refractivity contribution in [2.24, 2.45) is 0 Å². The summed E-state index contributed by atoms with van der Waals surface area (Å²) in [5, 5.41) is 2.79. The summed E-state index contributed by atoms with van der Waals surface area (Å²) in [6, 6.07) is 27.1. The molecule has 7 heteroatoms. The number of hydrogen-bond donors (Lipinski definition) is 1. The number of alkyl halides is 1. The highest BCUT2D eigenvalue weighted by atomic mass is 35.5. The Hall–Kier alpha value is -4.73. The van der Waals surface area contributed by atoms with E-state index >= 15 is 0 Å². The van der Waals surface area contributed by atoms with Crippen LogP contribution >= 0.6 is 11.6 Å². The Morgan fingerprint density at radius 2 is 1.79 bits per heavy atom. The summed E-state index contributed by atoms with van der Waals surface area (Å²) in [5.74, 6) is 3.51. The van der Waals surface area contributed by atoms with E-state index in [0.717, 1.165) is 38.5 Å². The van der Waals surface area contributed by atoms with Crippen LogP contribution in [0.4, 0.5) is 5.69 Å². The van der Waals surface area contributed by atoms with E-state index in [1.165, 1.54) is 0 Å². The van der Waals surface area contributed by atoms with Gasteiger partial charge in [-0.1, -0.05) is 54.6 Å². The molecule has 0 saturated heterocycles. The van der Waals surface area contributed by atoms with Crippen LogP contribution in [-0.4, -0.2) is 29.3 Å². The second-order valence-corrected chi connectivity index (χ2v) is 10.7. The fourth-order valence-electron chi connectivity index (χ4n) is 5.54. The quantitative estimate of drug-likeness (QED) is 0.0645. The highest BCUT2D eigenvalue weighted by Gasteiger charge is 2.35. The van der Waals surface area contributed by atoms with Gasteiger partial charge in [-0.15, -0.1) is 23.9 Å². The third-order valence-electron chi connectivity index (χ3n) is 7.55. The van der Waals surface area contributed by atoms with Gasteiger partial charge in [0.1, 0.15) is 23.8 Å². The Kier molecular flexibility index (Phi) is 7.85. The molecule has 0 fully saturated rings. The number of nitrogens with one attached hydrogen (secondary N) is 1. The smallest absolute Gasteiger partial charge is 0.311 e. The van der Waals surface area contributed by atoms with Crippen LogP contribution in [0.1, 0.15) is 46.8 Å². The molecule has 1 aliphatic heterocycles. The van der Waals surface area contributed by atoms with E-state index in [1.807, 2.05) is 54.6 Å². The molecule has 1 N–H and O–H groups in total. The second-order valence-electron chi connectivity index (χ2n) is 10.4. The first-order valence-corrected chi connectivity index (χ1v) is 14.5. The minimum atomic E-state index is -0.338. The number of nitrogens with zero attached hydrogens (tertiary/aromatic N) is 1. The van der Waals surface area contributed by atoms with Crippen molar-refractivity contribution in [3.8, 4) is 23.8 Å². The van der Waals surface area contributed by atoms with Crippen LogP contribution in [0, 0.1) is 12.3 Å². The number of amides is 1. The SMILES string of the molecule is C#CCCCC(=O)Oc1ccc2[nH]c(C(=O)N3CC(CCl)c4c3cc(OCc3ccccc3)c3ccccc43)cc2c1. The molecule has 2 heterocycles. The summed E-state index contributed by atoms with van der Waals surface area (Å²) in [6.07, 6.45) is 6.62. The molecule has 1 unspecified atom stereocenters. The first kappa shape index (κ1) is 27.4. The minimum Gasteiger partial charge on any atom is -0.488 e. The molecule has 0 saturated carbocycles. The molecular formula is C35H29ClN2O4. The summed E-state index contributed by atoms with van der Waals surface area (Å²) in [5.41, 5.74) is 4.11. The number of unbranched alkanes of at least 4 members (excludes halogenated alkanes) is 1. The number of halogens is 1. The number of ether oxygens (including phenoxy) is 2. The molecule has 0 radical (unpaired) electrons. The molecule has 210 valence electrons. The maximum absolute atomic E-state index is 14.0. The lowest BCUT2D eigenvalue weighted by Crippen LogP contribution is -2.30. The van der Waals surface area contributed by atoms with Crippen LogP contribution in [0.2, 0.25) is 0 Å². The average molecular weight is 577 g/mol. The van der Waals surface area contributed by atoms with Gasteiger partial charge in [-0.2, -0.15) is 0 Å².